The van der Waals surface area contributed by atoms with E-state index in [1.54, 1.807) is 24.3 Å². The fraction of sp³-hybridized carbons (Fsp3) is 0.143. The highest BCUT2D eigenvalue weighted by Gasteiger charge is 2.38. The van der Waals surface area contributed by atoms with Crippen molar-refractivity contribution in [1.82, 2.24) is 25.4 Å². The Morgan fingerprint density at radius 1 is 1.12 bits per heavy atom. The number of amides is 1. The third-order valence-corrected chi connectivity index (χ3v) is 4.41. The molecule has 0 saturated carbocycles. The lowest BCUT2D eigenvalue weighted by atomic mass is 10.1. The number of alkyl halides is 3. The molecule has 0 aliphatic rings. The molecule has 9 nitrogen and oxygen atoms in total. The molecule has 3 heterocycles. The van der Waals surface area contributed by atoms with Crippen LogP contribution < -0.4 is 5.32 Å². The molecule has 0 unspecified atom stereocenters. The Labute approximate surface area is 183 Å². The Bertz CT molecular complexity index is 1320. The molecule has 0 fully saturated rings. The molecular weight excluding hydrogens is 441 g/mol. The van der Waals surface area contributed by atoms with E-state index in [0.717, 1.165) is 0 Å². The third kappa shape index (κ3) is 5.04. The first-order chi connectivity index (χ1) is 15.8. The number of nitrogens with zero attached hydrogens (tertiary/aromatic N) is 5. The van der Waals surface area contributed by atoms with Crippen LogP contribution in [0.4, 0.5) is 13.2 Å². The van der Waals surface area contributed by atoms with Crippen LogP contribution >= 0.6 is 0 Å². The zero-order valence-corrected chi connectivity index (χ0v) is 16.6. The summed E-state index contributed by atoms with van der Waals surface area (Å²) in [6, 6.07) is 10.1. The SMILES string of the molecule is N#Cc1ccc(-c2nc(CCNC(=O)c3cncc(-c4noc(C(F)(F)F)n4)c3)co2)cc1. The molecule has 12 heteroatoms. The molecule has 1 aromatic carbocycles. The summed E-state index contributed by atoms with van der Waals surface area (Å²) in [5.74, 6) is -1.92. The molecule has 0 spiro atoms. The van der Waals surface area contributed by atoms with E-state index in [4.69, 9.17) is 9.68 Å². The molecule has 0 aliphatic carbocycles. The molecule has 33 heavy (non-hydrogen) atoms. The number of aromatic nitrogens is 4. The summed E-state index contributed by atoms with van der Waals surface area (Å²) < 4.78 is 47.5. The normalized spacial score (nSPS) is 11.2. The number of oxazole rings is 1. The van der Waals surface area contributed by atoms with E-state index in [2.05, 4.69) is 29.9 Å². The van der Waals surface area contributed by atoms with Crippen LogP contribution in [0.15, 0.2) is 57.9 Å². The molecular formula is C21H13F3N6O3. The van der Waals surface area contributed by atoms with Crippen molar-refractivity contribution in [1.29, 1.82) is 5.26 Å². The summed E-state index contributed by atoms with van der Waals surface area (Å²) in [5.41, 5.74) is 2.05. The highest BCUT2D eigenvalue weighted by molar-refractivity contribution is 5.94. The first-order valence-electron chi connectivity index (χ1n) is 9.43. The van der Waals surface area contributed by atoms with Gasteiger partial charge < -0.3 is 14.3 Å². The smallest absolute Gasteiger partial charge is 0.444 e. The van der Waals surface area contributed by atoms with Crippen LogP contribution in [-0.2, 0) is 12.6 Å². The largest absolute Gasteiger partial charge is 0.471 e. The van der Waals surface area contributed by atoms with E-state index in [0.29, 0.717) is 29.1 Å². The van der Waals surface area contributed by atoms with Crippen molar-refractivity contribution in [3.63, 3.8) is 0 Å². The number of hydrogen-bond acceptors (Lipinski definition) is 8. The molecule has 4 aromatic rings. The van der Waals surface area contributed by atoms with Crippen molar-refractivity contribution in [2.24, 2.45) is 0 Å². The highest BCUT2D eigenvalue weighted by Crippen LogP contribution is 2.29. The van der Waals surface area contributed by atoms with Crippen molar-refractivity contribution in [2.45, 2.75) is 12.6 Å². The summed E-state index contributed by atoms with van der Waals surface area (Å²) in [4.78, 5) is 23.9. The topological polar surface area (TPSA) is 131 Å². The van der Waals surface area contributed by atoms with E-state index in [1.165, 1.54) is 24.7 Å². The molecule has 0 radical (unpaired) electrons. The maximum atomic E-state index is 12.6. The van der Waals surface area contributed by atoms with Gasteiger partial charge in [-0.3, -0.25) is 9.78 Å². The first kappa shape index (κ1) is 21.7. The van der Waals surface area contributed by atoms with Gasteiger partial charge in [-0.15, -0.1) is 0 Å². The van der Waals surface area contributed by atoms with Crippen molar-refractivity contribution in [2.75, 3.05) is 6.54 Å². The van der Waals surface area contributed by atoms with Gasteiger partial charge in [0.2, 0.25) is 11.7 Å². The molecule has 1 N–H and O–H groups in total. The van der Waals surface area contributed by atoms with Gasteiger partial charge in [-0.2, -0.15) is 23.4 Å². The molecule has 0 bridgehead atoms. The third-order valence-electron chi connectivity index (χ3n) is 4.41. The van der Waals surface area contributed by atoms with Crippen LogP contribution in [0.1, 0.15) is 27.5 Å². The number of rotatable bonds is 6. The number of hydrogen-bond donors (Lipinski definition) is 1. The Balaban J connectivity index is 1.36. The first-order valence-corrected chi connectivity index (χ1v) is 9.43. The predicted octanol–water partition coefficient (Wildman–Crippen LogP) is 3.65. The zero-order valence-electron chi connectivity index (χ0n) is 16.6. The number of nitrogens with one attached hydrogen (secondary N) is 1. The minimum Gasteiger partial charge on any atom is -0.444 e. The van der Waals surface area contributed by atoms with Crippen LogP contribution in [0.5, 0.6) is 0 Å². The van der Waals surface area contributed by atoms with Gasteiger partial charge in [-0.1, -0.05) is 5.16 Å². The van der Waals surface area contributed by atoms with E-state index < -0.39 is 18.0 Å². The minimum absolute atomic E-state index is 0.102. The van der Waals surface area contributed by atoms with E-state index in [9.17, 15) is 18.0 Å². The van der Waals surface area contributed by atoms with Crippen LogP contribution in [0.3, 0.4) is 0 Å². The van der Waals surface area contributed by atoms with Crippen LogP contribution in [0, 0.1) is 11.3 Å². The molecule has 0 aliphatic heterocycles. The van der Waals surface area contributed by atoms with Gasteiger partial charge >= 0.3 is 12.1 Å². The average Bonchev–Trinajstić information content (AvgIpc) is 3.49. The van der Waals surface area contributed by atoms with Gasteiger partial charge in [0.1, 0.15) is 6.26 Å². The summed E-state index contributed by atoms with van der Waals surface area (Å²) >= 11 is 0. The molecule has 1 amide bonds. The highest BCUT2D eigenvalue weighted by atomic mass is 19.4. The maximum absolute atomic E-state index is 12.6. The van der Waals surface area contributed by atoms with Crippen LogP contribution in [0.25, 0.3) is 22.8 Å². The molecule has 166 valence electrons. The van der Waals surface area contributed by atoms with Crippen molar-refractivity contribution in [3.05, 3.63) is 71.7 Å². The Kier molecular flexibility index (Phi) is 5.86. The number of benzene rings is 1. The zero-order chi connectivity index (χ0) is 23.4. The molecule has 3 aromatic heterocycles. The Morgan fingerprint density at radius 3 is 2.61 bits per heavy atom. The second-order valence-corrected chi connectivity index (χ2v) is 6.72. The fourth-order valence-corrected chi connectivity index (χ4v) is 2.79. The van der Waals surface area contributed by atoms with Gasteiger partial charge in [0.15, 0.2) is 0 Å². The van der Waals surface area contributed by atoms with Gasteiger partial charge in [-0.25, -0.2) is 4.98 Å². The number of halogens is 3. The van der Waals surface area contributed by atoms with Crippen LogP contribution in [-0.4, -0.2) is 32.6 Å². The van der Waals surface area contributed by atoms with Gasteiger partial charge in [-0.05, 0) is 30.3 Å². The summed E-state index contributed by atoms with van der Waals surface area (Å²) in [7, 11) is 0. The van der Waals surface area contributed by atoms with Gasteiger partial charge in [0.25, 0.3) is 5.91 Å². The number of carbonyl (C=O) groups excluding carboxylic acids is 1. The average molecular weight is 454 g/mol. The summed E-state index contributed by atoms with van der Waals surface area (Å²) in [6.45, 7) is 0.225. The molecule has 4 rings (SSSR count). The summed E-state index contributed by atoms with van der Waals surface area (Å²) in [5, 5.41) is 14.8. The molecule has 0 saturated heterocycles. The fourth-order valence-electron chi connectivity index (χ4n) is 2.79. The lowest BCUT2D eigenvalue weighted by molar-refractivity contribution is -0.159. The lowest BCUT2D eigenvalue weighted by Crippen LogP contribution is -2.25. The number of carbonyl (C=O) groups is 1. The number of pyridine rings is 1. The summed E-state index contributed by atoms with van der Waals surface area (Å²) in [6.07, 6.45) is -0.436. The Hall–Kier alpha value is -4.53. The van der Waals surface area contributed by atoms with Crippen molar-refractivity contribution in [3.8, 4) is 28.9 Å². The van der Waals surface area contributed by atoms with Crippen LogP contribution in [0.2, 0.25) is 0 Å². The second-order valence-electron chi connectivity index (χ2n) is 6.72. The van der Waals surface area contributed by atoms with E-state index >= 15 is 0 Å². The second kappa shape index (κ2) is 8.91. The standard InChI is InChI=1S/C21H13F3N6O3/c22-21(23,24)20-29-17(30-33-20)14-7-15(10-26-9-14)18(31)27-6-5-16-11-32-19(28-16)13-3-1-12(8-25)2-4-13/h1-4,7,9-11H,5-6H2,(H,27,31). The lowest BCUT2D eigenvalue weighted by Gasteiger charge is -2.04. The Morgan fingerprint density at radius 2 is 1.91 bits per heavy atom. The van der Waals surface area contributed by atoms with Crippen molar-refractivity contribution >= 4 is 5.91 Å². The van der Waals surface area contributed by atoms with E-state index in [1.807, 2.05) is 6.07 Å². The van der Waals surface area contributed by atoms with Gasteiger partial charge in [0, 0.05) is 36.5 Å². The van der Waals surface area contributed by atoms with Gasteiger partial charge in [0.05, 0.1) is 22.9 Å². The monoisotopic (exact) mass is 454 g/mol. The quantitative estimate of drug-likeness (QED) is 0.467. The molecule has 0 atom stereocenters. The van der Waals surface area contributed by atoms with Crippen molar-refractivity contribution < 1.29 is 26.9 Å². The minimum atomic E-state index is -4.77. The predicted molar refractivity (Wildman–Crippen MR) is 105 cm³/mol. The van der Waals surface area contributed by atoms with E-state index in [-0.39, 0.29) is 23.5 Å². The number of nitriles is 1. The maximum Gasteiger partial charge on any atom is 0.471 e.